The monoisotopic (exact) mass is 829 g/mol. The molecule has 0 bridgehead atoms. The zero-order valence-electron chi connectivity index (χ0n) is 35.7. The van der Waals surface area contributed by atoms with Gasteiger partial charge in [-0.25, -0.2) is 0 Å². The Balaban J connectivity index is 1.15. The van der Waals surface area contributed by atoms with Gasteiger partial charge >= 0.3 is 0 Å². The third-order valence-electron chi connectivity index (χ3n) is 12.7. The second-order valence-corrected chi connectivity index (χ2v) is 16.6. The molecule has 65 heavy (non-hydrogen) atoms. The van der Waals surface area contributed by atoms with Gasteiger partial charge in [-0.2, -0.15) is 0 Å². The standard InChI is InChI=1S/C62H43N3/c1-5-20-44(21-6-1)45-23-19-30-51(38-45)63(48-24-7-2-8-25-48)53-39-47(60-41-46-22-13-14-31-55(46)56-32-15-16-33-57(56)60)40-54(42-53)64(49-26-9-3-10-27-49)52-36-37-59-58-34-17-18-35-61(58)65(62(59)43-52)50-28-11-4-12-29-50/h1-43H. The molecular formula is C62H43N3. The van der Waals surface area contributed by atoms with Crippen molar-refractivity contribution in [2.45, 2.75) is 0 Å². The van der Waals surface area contributed by atoms with Gasteiger partial charge in [-0.1, -0.05) is 170 Å². The lowest BCUT2D eigenvalue weighted by atomic mass is 9.92. The highest BCUT2D eigenvalue weighted by Gasteiger charge is 2.22. The normalized spacial score (nSPS) is 11.4. The minimum Gasteiger partial charge on any atom is -0.310 e. The van der Waals surface area contributed by atoms with E-state index < -0.39 is 0 Å². The molecule has 0 aliphatic heterocycles. The first-order chi connectivity index (χ1) is 32.2. The molecule has 1 aromatic heterocycles. The summed E-state index contributed by atoms with van der Waals surface area (Å²) < 4.78 is 2.40. The van der Waals surface area contributed by atoms with Gasteiger partial charge in [0.2, 0.25) is 0 Å². The summed E-state index contributed by atoms with van der Waals surface area (Å²) in [6.07, 6.45) is 0. The summed E-state index contributed by atoms with van der Waals surface area (Å²) in [6, 6.07) is 94.6. The number of benzene rings is 11. The van der Waals surface area contributed by atoms with Crippen molar-refractivity contribution in [2.24, 2.45) is 0 Å². The number of aromatic nitrogens is 1. The van der Waals surface area contributed by atoms with Crippen LogP contribution in [0.5, 0.6) is 0 Å². The molecule has 306 valence electrons. The largest absolute Gasteiger partial charge is 0.310 e. The Morgan fingerprint density at radius 3 is 1.43 bits per heavy atom. The molecule has 1 heterocycles. The van der Waals surface area contributed by atoms with E-state index in [1.54, 1.807) is 0 Å². The van der Waals surface area contributed by atoms with E-state index in [1.807, 2.05) is 0 Å². The van der Waals surface area contributed by atoms with Gasteiger partial charge in [-0.15, -0.1) is 0 Å². The van der Waals surface area contributed by atoms with Crippen molar-refractivity contribution in [3.63, 3.8) is 0 Å². The van der Waals surface area contributed by atoms with E-state index in [9.17, 15) is 0 Å². The summed E-state index contributed by atoms with van der Waals surface area (Å²) in [5, 5.41) is 7.36. The smallest absolute Gasteiger partial charge is 0.0561 e. The summed E-state index contributed by atoms with van der Waals surface area (Å²) in [5.41, 5.74) is 14.5. The minimum absolute atomic E-state index is 1.04. The molecule has 0 aliphatic rings. The van der Waals surface area contributed by atoms with Crippen molar-refractivity contribution in [1.82, 2.24) is 4.57 Å². The van der Waals surface area contributed by atoms with Crippen molar-refractivity contribution < 1.29 is 0 Å². The van der Waals surface area contributed by atoms with Gasteiger partial charge in [0.25, 0.3) is 0 Å². The van der Waals surface area contributed by atoms with Crippen LogP contribution in [0.25, 0.3) is 71.3 Å². The number of hydrogen-bond donors (Lipinski definition) is 0. The Morgan fingerprint density at radius 2 is 0.738 bits per heavy atom. The van der Waals surface area contributed by atoms with Crippen molar-refractivity contribution in [2.75, 3.05) is 9.80 Å². The van der Waals surface area contributed by atoms with Crippen LogP contribution in [0.4, 0.5) is 34.1 Å². The van der Waals surface area contributed by atoms with Crippen molar-refractivity contribution >= 4 is 77.5 Å². The van der Waals surface area contributed by atoms with E-state index in [1.165, 1.54) is 49.0 Å². The molecular weight excluding hydrogens is 787 g/mol. The van der Waals surface area contributed by atoms with Gasteiger partial charge < -0.3 is 14.4 Å². The number of fused-ring (bicyclic) bond motifs is 6. The molecule has 0 amide bonds. The summed E-state index contributed by atoms with van der Waals surface area (Å²) in [5.74, 6) is 0. The van der Waals surface area contributed by atoms with Crippen LogP contribution in [0.2, 0.25) is 0 Å². The van der Waals surface area contributed by atoms with E-state index in [4.69, 9.17) is 0 Å². The maximum atomic E-state index is 2.42. The molecule has 0 spiro atoms. The third-order valence-corrected chi connectivity index (χ3v) is 12.7. The van der Waals surface area contributed by atoms with E-state index in [0.29, 0.717) is 0 Å². The SMILES string of the molecule is c1ccc(-c2cccc(N(c3ccccc3)c3cc(-c4cc5ccccc5c5ccccc45)cc(N(c4ccccc4)c4ccc5c6ccccc6n(-c6ccccc6)c5c4)c3)c2)cc1. The molecule has 12 rings (SSSR count). The fourth-order valence-corrected chi connectivity index (χ4v) is 9.76. The quantitative estimate of drug-likeness (QED) is 0.134. The molecule has 0 saturated carbocycles. The zero-order chi connectivity index (χ0) is 43.1. The number of anilines is 6. The predicted octanol–water partition coefficient (Wildman–Crippen LogP) is 17.4. The van der Waals surface area contributed by atoms with Crippen molar-refractivity contribution in [1.29, 1.82) is 0 Å². The minimum atomic E-state index is 1.04. The predicted molar refractivity (Wildman–Crippen MR) is 276 cm³/mol. The highest BCUT2D eigenvalue weighted by molar-refractivity contribution is 6.14. The van der Waals surface area contributed by atoms with Crippen LogP contribution < -0.4 is 9.80 Å². The topological polar surface area (TPSA) is 11.4 Å². The fraction of sp³-hybridized carbons (Fsp3) is 0. The molecule has 11 aromatic carbocycles. The summed E-state index contributed by atoms with van der Waals surface area (Å²) >= 11 is 0. The first kappa shape index (κ1) is 38.0. The van der Waals surface area contributed by atoms with Gasteiger partial charge in [0.05, 0.1) is 11.0 Å². The average Bonchev–Trinajstić information content (AvgIpc) is 3.71. The fourth-order valence-electron chi connectivity index (χ4n) is 9.76. The molecule has 3 nitrogen and oxygen atoms in total. The van der Waals surface area contributed by atoms with Crippen LogP contribution in [0.15, 0.2) is 261 Å². The van der Waals surface area contributed by atoms with Gasteiger partial charge in [0.1, 0.15) is 0 Å². The van der Waals surface area contributed by atoms with E-state index in [0.717, 1.165) is 56.5 Å². The number of para-hydroxylation sites is 4. The van der Waals surface area contributed by atoms with E-state index in [-0.39, 0.29) is 0 Å². The Labute approximate surface area is 378 Å². The Kier molecular flexibility index (Phi) is 9.50. The number of nitrogens with zero attached hydrogens (tertiary/aromatic N) is 3. The molecule has 0 fully saturated rings. The van der Waals surface area contributed by atoms with Crippen LogP contribution in [-0.4, -0.2) is 4.57 Å². The molecule has 0 unspecified atom stereocenters. The van der Waals surface area contributed by atoms with Crippen LogP contribution in [0, 0.1) is 0 Å². The summed E-state index contributed by atoms with van der Waals surface area (Å²) in [6.45, 7) is 0. The van der Waals surface area contributed by atoms with E-state index >= 15 is 0 Å². The lowest BCUT2D eigenvalue weighted by Crippen LogP contribution is -2.14. The molecule has 12 aromatic rings. The number of rotatable bonds is 9. The second-order valence-electron chi connectivity index (χ2n) is 16.6. The van der Waals surface area contributed by atoms with E-state index in [2.05, 4.69) is 275 Å². The second kappa shape index (κ2) is 16.2. The van der Waals surface area contributed by atoms with Gasteiger partial charge in [0.15, 0.2) is 0 Å². The maximum Gasteiger partial charge on any atom is 0.0561 e. The summed E-state index contributed by atoms with van der Waals surface area (Å²) in [7, 11) is 0. The molecule has 3 heteroatoms. The van der Waals surface area contributed by atoms with Crippen LogP contribution in [0.1, 0.15) is 0 Å². The Morgan fingerprint density at radius 1 is 0.246 bits per heavy atom. The van der Waals surface area contributed by atoms with Gasteiger partial charge in [-0.3, -0.25) is 0 Å². The zero-order valence-corrected chi connectivity index (χ0v) is 35.7. The first-order valence-electron chi connectivity index (χ1n) is 22.3. The molecule has 0 aliphatic carbocycles. The highest BCUT2D eigenvalue weighted by atomic mass is 15.2. The summed E-state index contributed by atoms with van der Waals surface area (Å²) in [4.78, 5) is 4.83. The molecule has 0 radical (unpaired) electrons. The van der Waals surface area contributed by atoms with Gasteiger partial charge in [0, 0.05) is 50.6 Å². The number of hydrogen-bond acceptors (Lipinski definition) is 2. The van der Waals surface area contributed by atoms with Crippen LogP contribution in [-0.2, 0) is 0 Å². The van der Waals surface area contributed by atoms with Crippen molar-refractivity contribution in [3.8, 4) is 27.9 Å². The highest BCUT2D eigenvalue weighted by Crippen LogP contribution is 2.46. The Bertz CT molecular complexity index is 3650. The molecule has 0 N–H and O–H groups in total. The lowest BCUT2D eigenvalue weighted by Gasteiger charge is -2.31. The third kappa shape index (κ3) is 6.87. The average molecular weight is 830 g/mol. The van der Waals surface area contributed by atoms with Crippen LogP contribution in [0.3, 0.4) is 0 Å². The molecule has 0 saturated heterocycles. The van der Waals surface area contributed by atoms with Crippen molar-refractivity contribution in [3.05, 3.63) is 261 Å². The maximum absolute atomic E-state index is 2.42. The Hall–Kier alpha value is -8.66. The lowest BCUT2D eigenvalue weighted by molar-refractivity contribution is 1.18. The van der Waals surface area contributed by atoms with Crippen LogP contribution >= 0.6 is 0 Å². The first-order valence-corrected chi connectivity index (χ1v) is 22.3. The molecule has 0 atom stereocenters. The van der Waals surface area contributed by atoms with Gasteiger partial charge in [-0.05, 0) is 135 Å².